The zero-order chi connectivity index (χ0) is 16.2. The Morgan fingerprint density at radius 3 is 2.57 bits per heavy atom. The topological polar surface area (TPSA) is 72.3 Å². The second-order valence-corrected chi connectivity index (χ2v) is 5.62. The van der Waals surface area contributed by atoms with Gasteiger partial charge >= 0.3 is 0 Å². The number of carbonyl (C=O) groups is 1. The molecule has 7 nitrogen and oxygen atoms in total. The van der Waals surface area contributed by atoms with Gasteiger partial charge in [-0.25, -0.2) is 0 Å². The van der Waals surface area contributed by atoms with E-state index in [1.54, 1.807) is 36.5 Å². The molecule has 1 aliphatic rings. The highest BCUT2D eigenvalue weighted by molar-refractivity contribution is 5.94. The first kappa shape index (κ1) is 15.6. The fourth-order valence-electron chi connectivity index (χ4n) is 2.86. The van der Waals surface area contributed by atoms with Crippen molar-refractivity contribution in [1.82, 2.24) is 25.0 Å². The number of benzene rings is 1. The van der Waals surface area contributed by atoms with Gasteiger partial charge < -0.3 is 10.1 Å². The number of ether oxygens (including phenoxy) is 1. The number of likely N-dealkylation sites (tertiary alicyclic amines) is 1. The molecule has 0 unspecified atom stereocenters. The molecule has 1 amide bonds. The minimum atomic E-state index is -0.0784. The van der Waals surface area contributed by atoms with Gasteiger partial charge in [-0.2, -0.15) is 0 Å². The van der Waals surface area contributed by atoms with Crippen molar-refractivity contribution in [3.05, 3.63) is 42.5 Å². The average molecular weight is 315 g/mol. The zero-order valence-electron chi connectivity index (χ0n) is 13.3. The molecule has 122 valence electrons. The Labute approximate surface area is 135 Å². The first-order valence-electron chi connectivity index (χ1n) is 7.72. The highest BCUT2D eigenvalue weighted by atomic mass is 16.5. The number of hydrogen-bond donors (Lipinski definition) is 1. The van der Waals surface area contributed by atoms with Crippen molar-refractivity contribution in [2.75, 3.05) is 26.7 Å². The maximum atomic E-state index is 12.4. The normalized spacial score (nSPS) is 21.5. The second-order valence-electron chi connectivity index (χ2n) is 5.62. The van der Waals surface area contributed by atoms with Crippen molar-refractivity contribution in [2.45, 2.75) is 19.1 Å². The lowest BCUT2D eigenvalue weighted by Gasteiger charge is -2.18. The van der Waals surface area contributed by atoms with Gasteiger partial charge in [-0.15, -0.1) is 10.2 Å². The number of likely N-dealkylation sites (N-methyl/N-ethyl adjacent to an activating group) is 1. The van der Waals surface area contributed by atoms with Crippen LogP contribution in [0.1, 0.15) is 17.3 Å². The van der Waals surface area contributed by atoms with Gasteiger partial charge in [0.2, 0.25) is 0 Å². The molecule has 0 radical (unpaired) electrons. The molecule has 1 fully saturated rings. The number of rotatable bonds is 5. The van der Waals surface area contributed by atoms with Crippen molar-refractivity contribution >= 4 is 5.91 Å². The predicted molar refractivity (Wildman–Crippen MR) is 85.5 cm³/mol. The Bertz CT molecular complexity index is 641. The van der Waals surface area contributed by atoms with Crippen molar-refractivity contribution in [3.63, 3.8) is 0 Å². The number of nitrogens with one attached hydrogen (secondary N) is 1. The van der Waals surface area contributed by atoms with Crippen LogP contribution in [0.5, 0.6) is 0 Å². The third kappa shape index (κ3) is 3.40. The zero-order valence-corrected chi connectivity index (χ0v) is 13.3. The van der Waals surface area contributed by atoms with E-state index in [2.05, 4.69) is 27.3 Å². The fourth-order valence-corrected chi connectivity index (χ4v) is 2.86. The van der Waals surface area contributed by atoms with E-state index in [1.165, 1.54) is 0 Å². The molecule has 0 aliphatic carbocycles. The molecule has 0 saturated carbocycles. The lowest BCUT2D eigenvalue weighted by Crippen LogP contribution is -2.43. The summed E-state index contributed by atoms with van der Waals surface area (Å²) in [6.45, 7) is 4.74. The van der Waals surface area contributed by atoms with Gasteiger partial charge in [0.1, 0.15) is 12.7 Å². The number of amides is 1. The predicted octanol–water partition coefficient (Wildman–Crippen LogP) is 0.716. The van der Waals surface area contributed by atoms with Gasteiger partial charge in [0, 0.05) is 31.5 Å². The van der Waals surface area contributed by atoms with Crippen LogP contribution in [0.2, 0.25) is 0 Å². The second kappa shape index (κ2) is 6.89. The Morgan fingerprint density at radius 1 is 1.26 bits per heavy atom. The van der Waals surface area contributed by atoms with E-state index in [0.29, 0.717) is 5.56 Å². The average Bonchev–Trinajstić information content (AvgIpc) is 3.24. The Balaban J connectivity index is 1.66. The number of aromatic nitrogens is 3. The summed E-state index contributed by atoms with van der Waals surface area (Å²) >= 11 is 0. The van der Waals surface area contributed by atoms with E-state index >= 15 is 0 Å². The van der Waals surface area contributed by atoms with Gasteiger partial charge in [0.05, 0.1) is 12.1 Å². The lowest BCUT2D eigenvalue weighted by atomic mass is 10.1. The molecule has 2 atom stereocenters. The van der Waals surface area contributed by atoms with Gasteiger partial charge in [-0.05, 0) is 30.8 Å². The molecule has 1 aromatic heterocycles. The largest absolute Gasteiger partial charge is 0.378 e. The maximum Gasteiger partial charge on any atom is 0.251 e. The molecule has 2 heterocycles. The molecule has 7 heteroatoms. The summed E-state index contributed by atoms with van der Waals surface area (Å²) in [6, 6.07) is 7.38. The molecule has 23 heavy (non-hydrogen) atoms. The molecular weight excluding hydrogens is 294 g/mol. The highest BCUT2D eigenvalue weighted by Gasteiger charge is 2.33. The summed E-state index contributed by atoms with van der Waals surface area (Å²) in [4.78, 5) is 14.7. The van der Waals surface area contributed by atoms with E-state index < -0.39 is 0 Å². The van der Waals surface area contributed by atoms with Crippen molar-refractivity contribution < 1.29 is 9.53 Å². The maximum absolute atomic E-state index is 12.4. The molecule has 1 aliphatic heterocycles. The van der Waals surface area contributed by atoms with Crippen molar-refractivity contribution in [3.8, 4) is 5.69 Å². The number of hydrogen-bond acceptors (Lipinski definition) is 5. The van der Waals surface area contributed by atoms with E-state index in [-0.39, 0.29) is 18.1 Å². The van der Waals surface area contributed by atoms with Crippen LogP contribution < -0.4 is 5.32 Å². The molecule has 0 spiro atoms. The molecule has 1 saturated heterocycles. The van der Waals surface area contributed by atoms with Gasteiger partial charge in [0.15, 0.2) is 0 Å². The number of nitrogens with zero attached hydrogens (tertiary/aromatic N) is 4. The van der Waals surface area contributed by atoms with Crippen LogP contribution in [0.3, 0.4) is 0 Å². The molecule has 0 bridgehead atoms. The third-order valence-corrected chi connectivity index (χ3v) is 4.25. The van der Waals surface area contributed by atoms with Crippen molar-refractivity contribution in [2.24, 2.45) is 0 Å². The quantitative estimate of drug-likeness (QED) is 0.880. The first-order valence-corrected chi connectivity index (χ1v) is 7.72. The molecular formula is C16H21N5O2. The summed E-state index contributed by atoms with van der Waals surface area (Å²) in [5.41, 5.74) is 1.55. The lowest BCUT2D eigenvalue weighted by molar-refractivity contribution is 0.0762. The van der Waals surface area contributed by atoms with Crippen LogP contribution in [0.25, 0.3) is 5.69 Å². The summed E-state index contributed by atoms with van der Waals surface area (Å²) in [5, 5.41) is 10.6. The van der Waals surface area contributed by atoms with Crippen molar-refractivity contribution in [1.29, 1.82) is 0 Å². The summed E-state index contributed by atoms with van der Waals surface area (Å²) in [5.74, 6) is -0.0784. The number of carbonyl (C=O) groups excluding carboxylic acids is 1. The van der Waals surface area contributed by atoms with Crippen LogP contribution in [0, 0.1) is 0 Å². The van der Waals surface area contributed by atoms with Crippen LogP contribution in [-0.4, -0.2) is 64.5 Å². The summed E-state index contributed by atoms with van der Waals surface area (Å²) in [7, 11) is 1.69. The smallest absolute Gasteiger partial charge is 0.251 e. The van der Waals surface area contributed by atoms with E-state index in [4.69, 9.17) is 4.74 Å². The molecule has 2 aromatic rings. The van der Waals surface area contributed by atoms with Gasteiger partial charge in [-0.3, -0.25) is 14.3 Å². The summed E-state index contributed by atoms with van der Waals surface area (Å²) in [6.07, 6.45) is 3.28. The minimum Gasteiger partial charge on any atom is -0.378 e. The molecule has 1 aromatic carbocycles. The molecule has 1 N–H and O–H groups in total. The fraction of sp³-hybridized carbons (Fsp3) is 0.438. The third-order valence-electron chi connectivity index (χ3n) is 4.25. The van der Waals surface area contributed by atoms with Gasteiger partial charge in [-0.1, -0.05) is 6.92 Å². The minimum absolute atomic E-state index is 0.0185. The first-order chi connectivity index (χ1) is 11.2. The Kier molecular flexibility index (Phi) is 4.68. The van der Waals surface area contributed by atoms with Gasteiger partial charge in [0.25, 0.3) is 5.91 Å². The number of methoxy groups -OCH3 is 1. The van der Waals surface area contributed by atoms with E-state index in [9.17, 15) is 4.79 Å². The van der Waals surface area contributed by atoms with Crippen LogP contribution in [0.15, 0.2) is 36.9 Å². The molecule has 3 rings (SSSR count). The van der Waals surface area contributed by atoms with Crippen LogP contribution in [-0.2, 0) is 4.74 Å². The summed E-state index contributed by atoms with van der Waals surface area (Å²) < 4.78 is 7.28. The monoisotopic (exact) mass is 315 g/mol. The van der Waals surface area contributed by atoms with Crippen LogP contribution >= 0.6 is 0 Å². The van der Waals surface area contributed by atoms with E-state index in [0.717, 1.165) is 25.3 Å². The standard InChI is InChI=1S/C16H21N5O2/c1-3-20-8-14(15(9-20)23-2)19-16(22)12-4-6-13(7-5-12)21-10-17-18-11-21/h4-7,10-11,14-15H,3,8-9H2,1-2H3,(H,19,22)/t14-,15-/m0/s1. The SMILES string of the molecule is CCN1C[C@H](NC(=O)c2ccc(-n3cnnc3)cc2)[C@@H](OC)C1. The van der Waals surface area contributed by atoms with E-state index in [1.807, 2.05) is 12.1 Å². The highest BCUT2D eigenvalue weighted by Crippen LogP contribution is 2.14. The van der Waals surface area contributed by atoms with Crippen LogP contribution in [0.4, 0.5) is 0 Å². The Morgan fingerprint density at radius 2 is 1.96 bits per heavy atom. The Hall–Kier alpha value is -2.25.